The van der Waals surface area contributed by atoms with Crippen LogP contribution in [0.25, 0.3) is 5.95 Å². The standard InChI is InChI=1S/C26H26N6O4/c1-5-36-25(34)19-15-27-26(32-17(3)14-16(2)31-32)30-23(19)28-20-11-7-6-10-18(20)24(33)29-21-12-8-9-13-22(21)35-4/h6-15H,5H2,1-4H3,(H,29,33)(H,27,28,30). The predicted molar refractivity (Wildman–Crippen MR) is 135 cm³/mol. The highest BCUT2D eigenvalue weighted by Gasteiger charge is 2.20. The lowest BCUT2D eigenvalue weighted by Crippen LogP contribution is -2.17. The Labute approximate surface area is 208 Å². The van der Waals surface area contributed by atoms with Crippen molar-refractivity contribution in [1.82, 2.24) is 19.7 Å². The van der Waals surface area contributed by atoms with E-state index in [1.165, 1.54) is 13.3 Å². The Kier molecular flexibility index (Phi) is 7.24. The first-order valence-electron chi connectivity index (χ1n) is 11.3. The number of hydrogen-bond donors (Lipinski definition) is 2. The van der Waals surface area contributed by atoms with Gasteiger partial charge in [-0.25, -0.2) is 14.5 Å². The van der Waals surface area contributed by atoms with Gasteiger partial charge in [0.2, 0.25) is 0 Å². The number of carbonyl (C=O) groups is 2. The number of aromatic nitrogens is 4. The number of esters is 1. The number of methoxy groups -OCH3 is 1. The van der Waals surface area contributed by atoms with Crippen molar-refractivity contribution in [1.29, 1.82) is 0 Å². The molecule has 0 aliphatic heterocycles. The molecule has 0 saturated carbocycles. The molecule has 0 saturated heterocycles. The van der Waals surface area contributed by atoms with Gasteiger partial charge in [-0.1, -0.05) is 24.3 Å². The van der Waals surface area contributed by atoms with E-state index in [4.69, 9.17) is 9.47 Å². The van der Waals surface area contributed by atoms with E-state index in [1.54, 1.807) is 54.1 Å². The highest BCUT2D eigenvalue weighted by molar-refractivity contribution is 6.09. The number of ether oxygens (including phenoxy) is 2. The van der Waals surface area contributed by atoms with E-state index in [0.29, 0.717) is 22.7 Å². The molecule has 2 aromatic carbocycles. The van der Waals surface area contributed by atoms with Crippen LogP contribution in [0.2, 0.25) is 0 Å². The van der Waals surface area contributed by atoms with Gasteiger partial charge in [-0.3, -0.25) is 4.79 Å². The van der Waals surface area contributed by atoms with Gasteiger partial charge in [-0.2, -0.15) is 10.1 Å². The Hall–Kier alpha value is -4.73. The highest BCUT2D eigenvalue weighted by atomic mass is 16.5. The van der Waals surface area contributed by atoms with E-state index >= 15 is 0 Å². The Morgan fingerprint density at radius 3 is 2.42 bits per heavy atom. The van der Waals surface area contributed by atoms with Crippen LogP contribution < -0.4 is 15.4 Å². The smallest absolute Gasteiger partial charge is 0.343 e. The molecule has 0 bridgehead atoms. The van der Waals surface area contributed by atoms with Gasteiger partial charge in [0.15, 0.2) is 5.82 Å². The fourth-order valence-electron chi connectivity index (χ4n) is 3.61. The zero-order valence-corrected chi connectivity index (χ0v) is 20.4. The number of para-hydroxylation sites is 3. The number of benzene rings is 2. The monoisotopic (exact) mass is 486 g/mol. The lowest BCUT2D eigenvalue weighted by molar-refractivity contribution is 0.0526. The van der Waals surface area contributed by atoms with Crippen molar-refractivity contribution in [3.63, 3.8) is 0 Å². The summed E-state index contributed by atoms with van der Waals surface area (Å²) in [6.07, 6.45) is 1.39. The molecule has 0 fully saturated rings. The molecule has 0 atom stereocenters. The number of rotatable bonds is 8. The van der Waals surface area contributed by atoms with Gasteiger partial charge in [0, 0.05) is 11.9 Å². The predicted octanol–water partition coefficient (Wildman–Crippen LogP) is 4.46. The normalized spacial score (nSPS) is 10.6. The second-order valence-corrected chi connectivity index (χ2v) is 7.82. The zero-order valence-electron chi connectivity index (χ0n) is 20.4. The van der Waals surface area contributed by atoms with Gasteiger partial charge in [0.1, 0.15) is 11.3 Å². The molecule has 184 valence electrons. The molecule has 0 aliphatic carbocycles. The van der Waals surface area contributed by atoms with Crippen LogP contribution in [0.1, 0.15) is 39.0 Å². The maximum Gasteiger partial charge on any atom is 0.343 e. The maximum atomic E-state index is 13.2. The van der Waals surface area contributed by atoms with Crippen LogP contribution in [0.5, 0.6) is 5.75 Å². The lowest BCUT2D eigenvalue weighted by Gasteiger charge is -2.15. The van der Waals surface area contributed by atoms with Crippen LogP contribution in [0.3, 0.4) is 0 Å². The molecule has 0 unspecified atom stereocenters. The fraction of sp³-hybridized carbons (Fsp3) is 0.192. The quantitative estimate of drug-likeness (QED) is 0.350. The first kappa shape index (κ1) is 24.4. The summed E-state index contributed by atoms with van der Waals surface area (Å²) < 4.78 is 12.1. The summed E-state index contributed by atoms with van der Waals surface area (Å²) in [5.41, 5.74) is 3.07. The van der Waals surface area contributed by atoms with Gasteiger partial charge < -0.3 is 20.1 Å². The first-order valence-corrected chi connectivity index (χ1v) is 11.3. The molecule has 4 rings (SSSR count). The van der Waals surface area contributed by atoms with Crippen molar-refractivity contribution < 1.29 is 19.1 Å². The number of nitrogens with one attached hydrogen (secondary N) is 2. The van der Waals surface area contributed by atoms with Gasteiger partial charge in [0.05, 0.1) is 36.3 Å². The minimum atomic E-state index is -0.587. The molecule has 0 aliphatic rings. The van der Waals surface area contributed by atoms with Gasteiger partial charge >= 0.3 is 5.97 Å². The fourth-order valence-corrected chi connectivity index (χ4v) is 3.61. The van der Waals surface area contributed by atoms with Gasteiger partial charge in [-0.15, -0.1) is 0 Å². The van der Waals surface area contributed by atoms with Crippen molar-refractivity contribution in [3.05, 3.63) is 83.3 Å². The lowest BCUT2D eigenvalue weighted by atomic mass is 10.1. The number of aryl methyl sites for hydroxylation is 2. The third-order valence-corrected chi connectivity index (χ3v) is 5.25. The van der Waals surface area contributed by atoms with Crippen molar-refractivity contribution in [2.24, 2.45) is 0 Å². The number of amides is 1. The topological polar surface area (TPSA) is 120 Å². The number of carbonyl (C=O) groups excluding carboxylic acids is 2. The summed E-state index contributed by atoms with van der Waals surface area (Å²) in [4.78, 5) is 34.7. The first-order chi connectivity index (χ1) is 17.4. The largest absolute Gasteiger partial charge is 0.495 e. The Balaban J connectivity index is 1.72. The number of anilines is 3. The van der Waals surface area contributed by atoms with Crippen molar-refractivity contribution in [2.75, 3.05) is 24.4 Å². The van der Waals surface area contributed by atoms with E-state index < -0.39 is 5.97 Å². The van der Waals surface area contributed by atoms with Crippen LogP contribution >= 0.6 is 0 Å². The molecule has 1 amide bonds. The van der Waals surface area contributed by atoms with Crippen LogP contribution in [-0.2, 0) is 4.74 Å². The average Bonchev–Trinajstić information content (AvgIpc) is 3.22. The minimum Gasteiger partial charge on any atom is -0.495 e. The van der Waals surface area contributed by atoms with E-state index in [0.717, 1.165) is 11.4 Å². The summed E-state index contributed by atoms with van der Waals surface area (Å²) in [6, 6.07) is 15.9. The van der Waals surface area contributed by atoms with E-state index in [2.05, 4.69) is 25.7 Å². The van der Waals surface area contributed by atoms with Gasteiger partial charge in [-0.05, 0) is 51.1 Å². The van der Waals surface area contributed by atoms with E-state index in [1.807, 2.05) is 26.0 Å². The van der Waals surface area contributed by atoms with Crippen molar-refractivity contribution >= 4 is 29.1 Å². The summed E-state index contributed by atoms with van der Waals surface area (Å²) in [7, 11) is 1.53. The van der Waals surface area contributed by atoms with Crippen molar-refractivity contribution in [3.8, 4) is 11.7 Å². The molecule has 0 spiro atoms. The number of hydrogen-bond acceptors (Lipinski definition) is 8. The molecule has 4 aromatic rings. The average molecular weight is 487 g/mol. The van der Waals surface area contributed by atoms with Gasteiger partial charge in [0.25, 0.3) is 11.9 Å². The van der Waals surface area contributed by atoms with E-state index in [9.17, 15) is 9.59 Å². The summed E-state index contributed by atoms with van der Waals surface area (Å²) in [5, 5.41) is 10.4. The zero-order chi connectivity index (χ0) is 25.7. The molecule has 2 heterocycles. The molecular formula is C26H26N6O4. The molecule has 2 aromatic heterocycles. The third kappa shape index (κ3) is 5.17. The molecule has 2 N–H and O–H groups in total. The SMILES string of the molecule is CCOC(=O)c1cnc(-n2nc(C)cc2C)nc1Nc1ccccc1C(=O)Nc1ccccc1OC. The van der Waals surface area contributed by atoms with Crippen LogP contribution in [0.15, 0.2) is 60.8 Å². The highest BCUT2D eigenvalue weighted by Crippen LogP contribution is 2.27. The maximum absolute atomic E-state index is 13.2. The van der Waals surface area contributed by atoms with Crippen LogP contribution in [-0.4, -0.2) is 45.3 Å². The molecule has 36 heavy (non-hydrogen) atoms. The molecular weight excluding hydrogens is 460 g/mol. The molecule has 0 radical (unpaired) electrons. The van der Waals surface area contributed by atoms with Crippen LogP contribution in [0.4, 0.5) is 17.2 Å². The van der Waals surface area contributed by atoms with Crippen LogP contribution in [0, 0.1) is 13.8 Å². The molecule has 10 nitrogen and oxygen atoms in total. The Bertz CT molecular complexity index is 1420. The second kappa shape index (κ2) is 10.7. The summed E-state index contributed by atoms with van der Waals surface area (Å²) >= 11 is 0. The Morgan fingerprint density at radius 1 is 1.00 bits per heavy atom. The number of nitrogens with zero attached hydrogens (tertiary/aromatic N) is 4. The third-order valence-electron chi connectivity index (χ3n) is 5.25. The molecule has 10 heteroatoms. The summed E-state index contributed by atoms with van der Waals surface area (Å²) in [6.45, 7) is 5.66. The summed E-state index contributed by atoms with van der Waals surface area (Å²) in [5.74, 6) is 0.0332. The van der Waals surface area contributed by atoms with E-state index in [-0.39, 0.29) is 29.8 Å². The minimum absolute atomic E-state index is 0.127. The van der Waals surface area contributed by atoms with Crippen molar-refractivity contribution in [2.45, 2.75) is 20.8 Å². The Morgan fingerprint density at radius 2 is 1.72 bits per heavy atom. The second-order valence-electron chi connectivity index (χ2n) is 7.82.